The van der Waals surface area contributed by atoms with Crippen molar-refractivity contribution in [3.05, 3.63) is 0 Å². The van der Waals surface area contributed by atoms with Crippen molar-refractivity contribution >= 4 is 31.3 Å². The van der Waals surface area contributed by atoms with Crippen molar-refractivity contribution < 1.29 is 74.4 Å². The van der Waals surface area contributed by atoms with Crippen molar-refractivity contribution in [1.29, 1.82) is 0 Å². The molecule has 0 radical (unpaired) electrons. The van der Waals surface area contributed by atoms with E-state index in [1.807, 2.05) is 0 Å². The molecule has 1 aliphatic rings. The van der Waals surface area contributed by atoms with Crippen LogP contribution in [0.25, 0.3) is 0 Å². The maximum atomic E-state index is 11.9. The zero-order valence-electron chi connectivity index (χ0n) is 19.9. The van der Waals surface area contributed by atoms with E-state index in [9.17, 15) is 37.8 Å². The van der Waals surface area contributed by atoms with Gasteiger partial charge in [-0.3, -0.25) is 18.1 Å². The minimum Gasteiger partial charge on any atom is -0.302 e. The Hall–Kier alpha value is 0.280. The molecule has 1 saturated heterocycles. The average Bonchev–Trinajstić information content (AvgIpc) is 2.80. The predicted octanol–water partition coefficient (Wildman–Crippen LogP) is -0.0784. The number of hydroxylamine groups is 8. The van der Waals surface area contributed by atoms with Crippen LogP contribution in [-0.4, -0.2) is 121 Å². The Kier molecular flexibility index (Phi) is 14.5. The molecule has 36 heavy (non-hydrogen) atoms. The summed E-state index contributed by atoms with van der Waals surface area (Å²) in [5, 5.41) is 3.74. The molecule has 216 valence electrons. The summed E-state index contributed by atoms with van der Waals surface area (Å²) in [6, 6.07) is 0. The Balaban J connectivity index is 3.21. The van der Waals surface area contributed by atoms with Crippen molar-refractivity contribution in [2.45, 2.75) is 0 Å². The fourth-order valence-corrected chi connectivity index (χ4v) is 4.47. The predicted molar refractivity (Wildman–Crippen MR) is 118 cm³/mol. The Bertz CT molecular complexity index is 715. The lowest BCUT2D eigenvalue weighted by molar-refractivity contribution is -0.170. The van der Waals surface area contributed by atoms with Gasteiger partial charge >= 0.3 is 31.3 Å². The second-order valence-corrected chi connectivity index (χ2v) is 12.5. The third-order valence-corrected chi connectivity index (χ3v) is 7.79. The summed E-state index contributed by atoms with van der Waals surface area (Å²) < 4.78 is 85.1. The minimum atomic E-state index is -4.54. The smallest absolute Gasteiger partial charge is 0.302 e. The van der Waals surface area contributed by atoms with Crippen molar-refractivity contribution in [2.24, 2.45) is 0 Å². The summed E-state index contributed by atoms with van der Waals surface area (Å²) in [4.78, 5) is 38.8. The van der Waals surface area contributed by atoms with E-state index in [0.29, 0.717) is 0 Å². The van der Waals surface area contributed by atoms with Crippen LogP contribution in [0.4, 0.5) is 0 Å². The van der Waals surface area contributed by atoms with Gasteiger partial charge in [-0.25, -0.2) is 18.3 Å². The Morgan fingerprint density at radius 1 is 0.417 bits per heavy atom. The summed E-state index contributed by atoms with van der Waals surface area (Å²) in [6.07, 6.45) is 0. The molecule has 0 aromatic carbocycles. The van der Waals surface area contributed by atoms with Crippen LogP contribution in [0.3, 0.4) is 0 Å². The topological polar surface area (TPSA) is 236 Å². The molecular weight excluding hydrogens is 580 g/mol. The maximum absolute atomic E-state index is 11.9. The summed E-state index contributed by atoms with van der Waals surface area (Å²) in [7, 11) is -14.5. The largest absolute Gasteiger partial charge is 0.488 e. The second-order valence-electron chi connectivity index (χ2n) is 6.65. The van der Waals surface area contributed by atoms with Gasteiger partial charge in [0.05, 0.1) is 0 Å². The second kappa shape index (κ2) is 15.2. The highest BCUT2D eigenvalue weighted by atomic mass is 31.2. The van der Waals surface area contributed by atoms with Crippen LogP contribution in [0.1, 0.15) is 0 Å². The first kappa shape index (κ1) is 34.3. The molecule has 4 N–H and O–H groups in total. The number of phosphoric acid groups is 4. The highest BCUT2D eigenvalue weighted by molar-refractivity contribution is 7.48. The first-order valence-corrected chi connectivity index (χ1v) is 15.9. The fourth-order valence-electron chi connectivity index (χ4n) is 2.38. The SMILES string of the molecule is COP(=O)(O)ON1CCN(OP(=O)(O)OC)CCN(OP(=O)(O)OC)CCN(OP(=O)(O)OC)CC1. The lowest BCUT2D eigenvalue weighted by Crippen LogP contribution is -2.45. The molecule has 1 aliphatic heterocycles. The molecule has 20 nitrogen and oxygen atoms in total. The molecule has 1 fully saturated rings. The lowest BCUT2D eigenvalue weighted by atomic mass is 10.4. The van der Waals surface area contributed by atoms with Gasteiger partial charge in [0.25, 0.3) is 0 Å². The third kappa shape index (κ3) is 13.9. The highest BCUT2D eigenvalue weighted by Gasteiger charge is 2.32. The quantitative estimate of drug-likeness (QED) is 0.211. The number of rotatable bonds is 12. The van der Waals surface area contributed by atoms with Crippen molar-refractivity contribution in [2.75, 3.05) is 80.8 Å². The van der Waals surface area contributed by atoms with E-state index in [1.54, 1.807) is 0 Å². The zero-order chi connectivity index (χ0) is 27.6. The number of hydrogen-bond acceptors (Lipinski definition) is 16. The van der Waals surface area contributed by atoms with Crippen LogP contribution < -0.4 is 0 Å². The Morgan fingerprint density at radius 2 is 0.556 bits per heavy atom. The molecule has 4 atom stereocenters. The fraction of sp³-hybridized carbons (Fsp3) is 1.00. The highest BCUT2D eigenvalue weighted by Crippen LogP contribution is 2.46. The van der Waals surface area contributed by atoms with Gasteiger partial charge in [0.1, 0.15) is 0 Å². The monoisotopic (exact) mass is 612 g/mol. The standard InChI is InChI=1S/C12H32N4O16P4/c1-25-33(17,18)29-13-5-7-14(30-34(19,20)26-2)9-11-16(32-36(23,24)28-4)12-10-15(8-6-13)31-35(21,22)27-3/h5-12H2,1-4H3,(H,17,18)(H,19,20)(H,21,22)(H,23,24). The Labute approximate surface area is 207 Å². The molecule has 0 aliphatic carbocycles. The molecular formula is C12H32N4O16P4. The molecule has 1 heterocycles. The molecule has 0 spiro atoms. The minimum absolute atomic E-state index is 0.246. The number of nitrogens with zero attached hydrogens (tertiary/aromatic N) is 4. The third-order valence-electron chi connectivity index (χ3n) is 4.19. The van der Waals surface area contributed by atoms with Gasteiger partial charge in [-0.05, 0) is 0 Å². The number of phosphoric ester groups is 4. The zero-order valence-corrected chi connectivity index (χ0v) is 23.5. The van der Waals surface area contributed by atoms with E-state index < -0.39 is 31.3 Å². The molecule has 0 bridgehead atoms. The van der Waals surface area contributed by atoms with Gasteiger partial charge in [-0.1, -0.05) is 0 Å². The molecule has 0 amide bonds. The first-order chi connectivity index (χ1) is 16.6. The maximum Gasteiger partial charge on any atom is 0.488 e. The molecule has 0 aromatic heterocycles. The van der Waals surface area contributed by atoms with E-state index in [2.05, 4.69) is 18.1 Å². The van der Waals surface area contributed by atoms with E-state index in [0.717, 1.165) is 48.7 Å². The molecule has 24 heteroatoms. The van der Waals surface area contributed by atoms with Gasteiger partial charge in [-0.2, -0.15) is 38.8 Å². The van der Waals surface area contributed by atoms with Crippen LogP contribution >= 0.6 is 31.3 Å². The van der Waals surface area contributed by atoms with Crippen LogP contribution in [0, 0.1) is 0 Å². The van der Waals surface area contributed by atoms with Gasteiger partial charge in [-0.15, -0.1) is 0 Å². The van der Waals surface area contributed by atoms with Crippen LogP contribution in [0.5, 0.6) is 0 Å². The van der Waals surface area contributed by atoms with Crippen LogP contribution in [0.15, 0.2) is 0 Å². The van der Waals surface area contributed by atoms with Crippen molar-refractivity contribution in [3.8, 4) is 0 Å². The van der Waals surface area contributed by atoms with Gasteiger partial charge in [0, 0.05) is 80.8 Å². The molecule has 1 rings (SSSR count). The summed E-state index contributed by atoms with van der Waals surface area (Å²) >= 11 is 0. The Morgan fingerprint density at radius 3 is 0.667 bits per heavy atom. The summed E-state index contributed by atoms with van der Waals surface area (Å²) in [5.74, 6) is 0. The van der Waals surface area contributed by atoms with Crippen molar-refractivity contribution in [1.82, 2.24) is 20.3 Å². The normalized spacial score (nSPS) is 25.6. The van der Waals surface area contributed by atoms with E-state index in [4.69, 9.17) is 18.5 Å². The number of hydrogen-bond donors (Lipinski definition) is 4. The summed E-state index contributed by atoms with van der Waals surface area (Å²) in [6.45, 7) is -1.97. The van der Waals surface area contributed by atoms with Gasteiger partial charge < -0.3 is 19.6 Å². The van der Waals surface area contributed by atoms with E-state index in [-0.39, 0.29) is 52.4 Å². The van der Waals surface area contributed by atoms with Gasteiger partial charge in [0.15, 0.2) is 0 Å². The average molecular weight is 612 g/mol. The van der Waals surface area contributed by atoms with Crippen LogP contribution in [-0.2, 0) is 54.9 Å². The molecule has 0 saturated carbocycles. The van der Waals surface area contributed by atoms with E-state index >= 15 is 0 Å². The van der Waals surface area contributed by atoms with Crippen LogP contribution in [0.2, 0.25) is 0 Å². The summed E-state index contributed by atoms with van der Waals surface area (Å²) in [5.41, 5.74) is 0. The lowest BCUT2D eigenvalue weighted by Gasteiger charge is -2.33. The van der Waals surface area contributed by atoms with Gasteiger partial charge in [0.2, 0.25) is 0 Å². The first-order valence-electron chi connectivity index (χ1n) is 9.88. The molecule has 4 unspecified atom stereocenters. The van der Waals surface area contributed by atoms with Crippen molar-refractivity contribution in [3.63, 3.8) is 0 Å². The van der Waals surface area contributed by atoms with E-state index in [1.165, 1.54) is 0 Å². The molecule has 0 aromatic rings.